The van der Waals surface area contributed by atoms with E-state index in [1.54, 1.807) is 22.8 Å². The van der Waals surface area contributed by atoms with E-state index >= 15 is 0 Å². The summed E-state index contributed by atoms with van der Waals surface area (Å²) in [5.41, 5.74) is 0.859. The minimum absolute atomic E-state index is 0.00936. The Labute approximate surface area is 169 Å². The fourth-order valence-electron chi connectivity index (χ4n) is 2.58. The average molecular weight is 422 g/mol. The molecule has 3 aromatic rings. The van der Waals surface area contributed by atoms with Crippen LogP contribution in [0.5, 0.6) is 5.75 Å². The summed E-state index contributed by atoms with van der Waals surface area (Å²) in [7, 11) is 0. The zero-order valence-electron chi connectivity index (χ0n) is 15.3. The van der Waals surface area contributed by atoms with Crippen molar-refractivity contribution in [2.24, 2.45) is 0 Å². The van der Waals surface area contributed by atoms with Crippen LogP contribution in [0.1, 0.15) is 6.92 Å². The van der Waals surface area contributed by atoms with Crippen LogP contribution in [0.3, 0.4) is 0 Å². The third-order valence-electron chi connectivity index (χ3n) is 3.85. The lowest BCUT2D eigenvalue weighted by molar-refractivity contribution is -0.113. The minimum atomic E-state index is -2.99. The number of halogens is 3. The first-order chi connectivity index (χ1) is 14.0. The lowest BCUT2D eigenvalue weighted by Crippen LogP contribution is -2.16. The van der Waals surface area contributed by atoms with Gasteiger partial charge in [-0.05, 0) is 43.3 Å². The Balaban J connectivity index is 1.67. The Bertz CT molecular complexity index is 980. The average Bonchev–Trinajstić information content (AvgIpc) is 3.11. The molecule has 0 saturated heterocycles. The molecule has 1 aromatic heterocycles. The van der Waals surface area contributed by atoms with E-state index in [9.17, 15) is 18.0 Å². The summed E-state index contributed by atoms with van der Waals surface area (Å²) in [5.74, 6) is -0.319. The fourth-order valence-corrected chi connectivity index (χ4v) is 3.38. The van der Waals surface area contributed by atoms with Gasteiger partial charge in [-0.15, -0.1) is 10.2 Å². The van der Waals surface area contributed by atoms with E-state index in [2.05, 4.69) is 20.3 Å². The van der Waals surface area contributed by atoms with E-state index in [4.69, 9.17) is 0 Å². The third kappa shape index (κ3) is 5.29. The number of aromatic nitrogens is 3. The Morgan fingerprint density at radius 2 is 1.90 bits per heavy atom. The first-order valence-corrected chi connectivity index (χ1v) is 9.62. The van der Waals surface area contributed by atoms with Crippen LogP contribution < -0.4 is 10.1 Å². The minimum Gasteiger partial charge on any atom is -0.433 e. The van der Waals surface area contributed by atoms with Crippen LogP contribution in [0.25, 0.3) is 11.4 Å². The molecule has 0 atom stereocenters. The van der Waals surface area contributed by atoms with Crippen LogP contribution >= 0.6 is 11.8 Å². The Morgan fingerprint density at radius 1 is 1.17 bits per heavy atom. The number of hydrogen-bond donors (Lipinski definition) is 1. The normalized spacial score (nSPS) is 10.9. The summed E-state index contributed by atoms with van der Waals surface area (Å²) in [4.78, 5) is 12.3. The van der Waals surface area contributed by atoms with E-state index in [0.717, 1.165) is 11.8 Å². The van der Waals surface area contributed by atoms with Gasteiger partial charge in [-0.1, -0.05) is 23.9 Å². The molecule has 6 nitrogen and oxygen atoms in total. The molecule has 0 aliphatic heterocycles. The van der Waals surface area contributed by atoms with Gasteiger partial charge in [0.15, 0.2) is 11.0 Å². The molecule has 152 valence electrons. The lowest BCUT2D eigenvalue weighted by Gasteiger charge is -2.11. The first kappa shape index (κ1) is 20.7. The molecule has 0 aliphatic rings. The maximum absolute atomic E-state index is 13.1. The molecule has 10 heteroatoms. The summed E-state index contributed by atoms with van der Waals surface area (Å²) in [6.07, 6.45) is 0. The number of nitrogens with one attached hydrogen (secondary N) is 1. The quantitative estimate of drug-likeness (QED) is 0.544. The Morgan fingerprint density at radius 3 is 2.59 bits per heavy atom. The lowest BCUT2D eigenvalue weighted by atomic mass is 10.2. The molecule has 2 aromatic carbocycles. The van der Waals surface area contributed by atoms with Gasteiger partial charge in [0.2, 0.25) is 5.91 Å². The molecule has 0 radical (unpaired) electrons. The highest BCUT2D eigenvalue weighted by Gasteiger charge is 2.16. The molecule has 1 heterocycles. The number of alkyl halides is 2. The van der Waals surface area contributed by atoms with Crippen molar-refractivity contribution in [3.63, 3.8) is 0 Å². The van der Waals surface area contributed by atoms with Gasteiger partial charge in [-0.25, -0.2) is 4.39 Å². The number of nitrogens with zero attached hydrogens (tertiary/aromatic N) is 3. The van der Waals surface area contributed by atoms with Gasteiger partial charge in [0.1, 0.15) is 11.6 Å². The molecular weight excluding hydrogens is 405 g/mol. The molecule has 0 bridgehead atoms. The number of rotatable bonds is 8. The zero-order chi connectivity index (χ0) is 20.8. The molecule has 0 unspecified atom stereocenters. The van der Waals surface area contributed by atoms with Crippen LogP contribution in [-0.4, -0.2) is 33.0 Å². The molecule has 0 aliphatic carbocycles. The SMILES string of the molecule is CCn1c(SCC(=O)Nc2ccccc2OC(F)F)nnc1-c1ccc(F)cc1. The van der Waals surface area contributed by atoms with Crippen LogP contribution in [0.4, 0.5) is 18.9 Å². The molecule has 29 heavy (non-hydrogen) atoms. The smallest absolute Gasteiger partial charge is 0.387 e. The van der Waals surface area contributed by atoms with E-state index in [-0.39, 0.29) is 23.0 Å². The maximum Gasteiger partial charge on any atom is 0.387 e. The van der Waals surface area contributed by atoms with Crippen molar-refractivity contribution in [2.75, 3.05) is 11.1 Å². The van der Waals surface area contributed by atoms with Gasteiger partial charge < -0.3 is 14.6 Å². The van der Waals surface area contributed by atoms with Crippen molar-refractivity contribution in [2.45, 2.75) is 25.2 Å². The van der Waals surface area contributed by atoms with Crippen molar-refractivity contribution < 1.29 is 22.7 Å². The van der Waals surface area contributed by atoms with Crippen LogP contribution in [0.2, 0.25) is 0 Å². The zero-order valence-corrected chi connectivity index (χ0v) is 16.1. The Hall–Kier alpha value is -3.01. The van der Waals surface area contributed by atoms with Gasteiger partial charge in [0.25, 0.3) is 0 Å². The number of thioether (sulfide) groups is 1. The topological polar surface area (TPSA) is 69.0 Å². The van der Waals surface area contributed by atoms with E-state index < -0.39 is 12.5 Å². The van der Waals surface area contributed by atoms with Crippen molar-refractivity contribution in [1.29, 1.82) is 0 Å². The predicted octanol–water partition coefficient (Wildman–Crippen LogP) is 4.44. The van der Waals surface area contributed by atoms with Gasteiger partial charge in [-0.2, -0.15) is 8.78 Å². The van der Waals surface area contributed by atoms with Crippen molar-refractivity contribution >= 4 is 23.4 Å². The van der Waals surface area contributed by atoms with E-state index in [0.29, 0.717) is 23.1 Å². The molecule has 0 spiro atoms. The summed E-state index contributed by atoms with van der Waals surface area (Å²) in [6, 6.07) is 11.8. The number of carbonyl (C=O) groups excluding carboxylic acids is 1. The highest BCUT2D eigenvalue weighted by atomic mass is 32.2. The number of anilines is 1. The summed E-state index contributed by atoms with van der Waals surface area (Å²) >= 11 is 1.15. The molecular formula is C19H17F3N4O2S. The largest absolute Gasteiger partial charge is 0.433 e. The first-order valence-electron chi connectivity index (χ1n) is 8.63. The number of benzene rings is 2. The van der Waals surface area contributed by atoms with Crippen molar-refractivity contribution in [3.8, 4) is 17.1 Å². The van der Waals surface area contributed by atoms with Gasteiger partial charge in [-0.3, -0.25) is 4.79 Å². The van der Waals surface area contributed by atoms with E-state index in [1.807, 2.05) is 6.92 Å². The second kappa shape index (κ2) is 9.46. The molecule has 3 rings (SSSR count). The van der Waals surface area contributed by atoms with Crippen LogP contribution in [-0.2, 0) is 11.3 Å². The number of hydrogen-bond acceptors (Lipinski definition) is 5. The second-order valence-corrected chi connectivity index (χ2v) is 6.71. The van der Waals surface area contributed by atoms with Crippen LogP contribution in [0.15, 0.2) is 53.7 Å². The second-order valence-electron chi connectivity index (χ2n) is 5.77. The predicted molar refractivity (Wildman–Crippen MR) is 104 cm³/mol. The van der Waals surface area contributed by atoms with Crippen LogP contribution in [0, 0.1) is 5.82 Å². The number of para-hydroxylation sites is 2. The van der Waals surface area contributed by atoms with Crippen molar-refractivity contribution in [1.82, 2.24) is 14.8 Å². The highest BCUT2D eigenvalue weighted by molar-refractivity contribution is 7.99. The molecule has 1 N–H and O–H groups in total. The number of amides is 1. The Kier molecular flexibility index (Phi) is 6.76. The highest BCUT2D eigenvalue weighted by Crippen LogP contribution is 2.27. The summed E-state index contributed by atoms with van der Waals surface area (Å²) in [6.45, 7) is -0.539. The summed E-state index contributed by atoms with van der Waals surface area (Å²) < 4.78 is 44.3. The molecule has 0 fully saturated rings. The van der Waals surface area contributed by atoms with Crippen molar-refractivity contribution in [3.05, 3.63) is 54.3 Å². The maximum atomic E-state index is 13.1. The third-order valence-corrected chi connectivity index (χ3v) is 4.81. The summed E-state index contributed by atoms with van der Waals surface area (Å²) in [5, 5.41) is 11.3. The van der Waals surface area contributed by atoms with E-state index in [1.165, 1.54) is 30.3 Å². The fraction of sp³-hybridized carbons (Fsp3) is 0.211. The monoisotopic (exact) mass is 422 g/mol. The van der Waals surface area contributed by atoms with Gasteiger partial charge in [0.05, 0.1) is 11.4 Å². The number of carbonyl (C=O) groups is 1. The van der Waals surface area contributed by atoms with Gasteiger partial charge in [0, 0.05) is 12.1 Å². The molecule has 0 saturated carbocycles. The molecule has 1 amide bonds. The standard InChI is InChI=1S/C19H17F3N4O2S/c1-2-26-17(12-7-9-13(20)10-8-12)24-25-19(26)29-11-16(27)23-14-5-3-4-6-15(14)28-18(21)22/h3-10,18H,2,11H2,1H3,(H,23,27). The number of ether oxygens (including phenoxy) is 1. The van der Waals surface area contributed by atoms with Gasteiger partial charge >= 0.3 is 6.61 Å².